The van der Waals surface area contributed by atoms with Crippen molar-refractivity contribution in [3.8, 4) is 43.4 Å². The lowest BCUT2D eigenvalue weighted by molar-refractivity contribution is 1.45. The van der Waals surface area contributed by atoms with Gasteiger partial charge in [0.05, 0.1) is 14.9 Å². The highest BCUT2D eigenvalue weighted by molar-refractivity contribution is 7.22. The lowest BCUT2D eigenvalue weighted by Gasteiger charge is -2.18. The second kappa shape index (κ2) is 10.6. The number of hydrogen-bond donors (Lipinski definition) is 0. The molecule has 0 fully saturated rings. The largest absolute Gasteiger partial charge is 0.236 e. The van der Waals surface area contributed by atoms with Gasteiger partial charge in [0.15, 0.2) is 0 Å². The number of rotatable bonds is 4. The van der Waals surface area contributed by atoms with Crippen molar-refractivity contribution < 1.29 is 0 Å². The summed E-state index contributed by atoms with van der Waals surface area (Å²) in [6.45, 7) is 4.18. The first-order valence-electron chi connectivity index (χ1n) is 15.3. The first-order valence-corrected chi connectivity index (χ1v) is 17.0. The standard InChI is InChI=1S/C42H26N2S2/c1-25-11-21-35-37(23-25)45-41(43-35)29-17-13-27(14-18-29)39-31-7-3-5-9-33(31)40(34-10-6-4-8-32(34)39)28-15-19-30(20-16-28)42-44-36-22-12-26(2)24-38(36)46-42/h3-11,13-21,23-24H,1-2H3. The topological polar surface area (TPSA) is 25.8 Å². The summed E-state index contributed by atoms with van der Waals surface area (Å²) in [4.78, 5) is 9.76. The second-order valence-electron chi connectivity index (χ2n) is 11.8. The molecule has 46 heavy (non-hydrogen) atoms. The van der Waals surface area contributed by atoms with Crippen molar-refractivity contribution in [1.82, 2.24) is 9.97 Å². The van der Waals surface area contributed by atoms with E-state index >= 15 is 0 Å². The van der Waals surface area contributed by atoms with Gasteiger partial charge in [0, 0.05) is 16.7 Å². The molecule has 0 aliphatic heterocycles. The molecule has 0 amide bonds. The Hall–Kier alpha value is -5.34. The Morgan fingerprint density at radius 3 is 1.54 bits per heavy atom. The maximum Gasteiger partial charge on any atom is 0.132 e. The first-order chi connectivity index (χ1) is 22.6. The van der Waals surface area contributed by atoms with E-state index in [0.29, 0.717) is 0 Å². The molecule has 9 rings (SSSR count). The van der Waals surface area contributed by atoms with Crippen LogP contribution in [0.15, 0.2) is 121 Å². The zero-order valence-corrected chi connectivity index (χ0v) is 26.9. The minimum atomic E-state index is 0.880. The van der Waals surface area contributed by atoms with Crippen molar-refractivity contribution in [3.05, 3.63) is 145 Å². The summed E-state index contributed by atoms with van der Waals surface area (Å²) in [5, 5.41) is 7.04. The van der Waals surface area contributed by atoms with Gasteiger partial charge in [-0.25, -0.2) is 9.97 Å². The molecule has 0 N–H and O–H groups in total. The molecule has 0 saturated carbocycles. The van der Waals surface area contributed by atoms with Crippen LogP contribution in [-0.2, 0) is 0 Å². The van der Waals surface area contributed by atoms with Gasteiger partial charge < -0.3 is 0 Å². The fourth-order valence-electron chi connectivity index (χ4n) is 6.50. The van der Waals surface area contributed by atoms with Crippen LogP contribution in [-0.4, -0.2) is 9.97 Å². The monoisotopic (exact) mass is 622 g/mol. The Bertz CT molecular complexity index is 2350. The van der Waals surface area contributed by atoms with Crippen LogP contribution in [0.5, 0.6) is 0 Å². The Balaban J connectivity index is 1.16. The van der Waals surface area contributed by atoms with E-state index in [2.05, 4.69) is 140 Å². The normalized spacial score (nSPS) is 11.5. The summed E-state index contributed by atoms with van der Waals surface area (Å²) in [5.41, 5.74) is 11.5. The van der Waals surface area contributed by atoms with Crippen molar-refractivity contribution >= 4 is 64.7 Å². The van der Waals surface area contributed by atoms with Crippen molar-refractivity contribution in [1.29, 1.82) is 0 Å². The number of hydrogen-bond acceptors (Lipinski definition) is 4. The van der Waals surface area contributed by atoms with Gasteiger partial charge in [0.2, 0.25) is 0 Å². The number of aromatic nitrogens is 2. The molecule has 9 aromatic rings. The number of benzene rings is 6. The molecule has 2 aromatic heterocycles. The van der Waals surface area contributed by atoms with E-state index in [-0.39, 0.29) is 0 Å². The average molecular weight is 623 g/mol. The molecule has 0 spiro atoms. The molecule has 0 radical (unpaired) electrons. The third-order valence-electron chi connectivity index (χ3n) is 8.70. The summed E-state index contributed by atoms with van der Waals surface area (Å²) in [7, 11) is 0. The fourth-order valence-corrected chi connectivity index (χ4v) is 8.60. The summed E-state index contributed by atoms with van der Waals surface area (Å²) in [5.74, 6) is 0. The smallest absolute Gasteiger partial charge is 0.132 e. The fraction of sp³-hybridized carbons (Fsp3) is 0.0476. The SMILES string of the molecule is Cc1c#cc2nc(-c3ccc(-c4c5ccccc5c(-c5ccc(-c6nc7ccc(C)cc7s6)cc5)c5ccccc45)cc3)sc2c1. The Morgan fingerprint density at radius 2 is 0.978 bits per heavy atom. The van der Waals surface area contributed by atoms with Crippen LogP contribution >= 0.6 is 22.7 Å². The Kier molecular flexibility index (Phi) is 6.24. The molecule has 7 aromatic carbocycles. The van der Waals surface area contributed by atoms with Gasteiger partial charge in [-0.1, -0.05) is 109 Å². The highest BCUT2D eigenvalue weighted by Crippen LogP contribution is 2.44. The van der Waals surface area contributed by atoms with E-state index in [4.69, 9.17) is 9.97 Å². The molecule has 0 aliphatic rings. The molecule has 0 unspecified atom stereocenters. The van der Waals surface area contributed by atoms with Gasteiger partial charge >= 0.3 is 0 Å². The third kappa shape index (κ3) is 4.48. The second-order valence-corrected chi connectivity index (χ2v) is 13.9. The lowest BCUT2D eigenvalue weighted by atomic mass is 9.86. The van der Waals surface area contributed by atoms with Crippen LogP contribution in [0, 0.1) is 26.0 Å². The van der Waals surface area contributed by atoms with Gasteiger partial charge in [-0.3, -0.25) is 0 Å². The zero-order chi connectivity index (χ0) is 30.8. The van der Waals surface area contributed by atoms with E-state index < -0.39 is 0 Å². The predicted molar refractivity (Wildman–Crippen MR) is 197 cm³/mol. The van der Waals surface area contributed by atoms with Crippen LogP contribution in [0.4, 0.5) is 0 Å². The van der Waals surface area contributed by atoms with Crippen LogP contribution < -0.4 is 0 Å². The summed E-state index contributed by atoms with van der Waals surface area (Å²) in [6, 6.07) is 50.4. The van der Waals surface area contributed by atoms with E-state index in [9.17, 15) is 0 Å². The van der Waals surface area contributed by atoms with Crippen LogP contribution in [0.2, 0.25) is 0 Å². The molecule has 0 bridgehead atoms. The summed E-state index contributed by atoms with van der Waals surface area (Å²) in [6.07, 6.45) is 0. The quantitative estimate of drug-likeness (QED) is 0.183. The average Bonchev–Trinajstić information content (AvgIpc) is 3.71. The van der Waals surface area contributed by atoms with Crippen LogP contribution in [0.3, 0.4) is 0 Å². The highest BCUT2D eigenvalue weighted by atomic mass is 32.1. The molecular formula is C42H26N2S2. The first kappa shape index (κ1) is 27.0. The van der Waals surface area contributed by atoms with Crippen molar-refractivity contribution in [2.24, 2.45) is 0 Å². The third-order valence-corrected chi connectivity index (χ3v) is 10.8. The maximum atomic E-state index is 4.92. The van der Waals surface area contributed by atoms with Crippen molar-refractivity contribution in [2.75, 3.05) is 0 Å². The van der Waals surface area contributed by atoms with Crippen LogP contribution in [0.25, 0.3) is 85.4 Å². The molecule has 2 nitrogen and oxygen atoms in total. The van der Waals surface area contributed by atoms with E-state index in [1.807, 2.05) is 6.92 Å². The maximum absolute atomic E-state index is 4.92. The minimum absolute atomic E-state index is 0.880. The van der Waals surface area contributed by atoms with Gasteiger partial charge in [0.25, 0.3) is 0 Å². The molecule has 2 heterocycles. The zero-order valence-electron chi connectivity index (χ0n) is 25.3. The Labute approximate surface area is 275 Å². The molecule has 0 atom stereocenters. The van der Waals surface area contributed by atoms with E-state index in [0.717, 1.165) is 42.4 Å². The summed E-state index contributed by atoms with van der Waals surface area (Å²) >= 11 is 3.46. The van der Waals surface area contributed by atoms with Crippen molar-refractivity contribution in [3.63, 3.8) is 0 Å². The minimum Gasteiger partial charge on any atom is -0.236 e. The number of aryl methyl sites for hydroxylation is 2. The van der Waals surface area contributed by atoms with E-state index in [1.54, 1.807) is 22.7 Å². The van der Waals surface area contributed by atoms with Gasteiger partial charge in [0.1, 0.15) is 15.5 Å². The molecule has 0 aliphatic carbocycles. The molecular weight excluding hydrogens is 597 g/mol. The number of fused-ring (bicyclic) bond motifs is 4. The van der Waals surface area contributed by atoms with Gasteiger partial charge in [-0.05, 0) is 87.5 Å². The van der Waals surface area contributed by atoms with Gasteiger partial charge in [-0.2, -0.15) is 0 Å². The van der Waals surface area contributed by atoms with Crippen molar-refractivity contribution in [2.45, 2.75) is 13.8 Å². The molecule has 216 valence electrons. The number of nitrogens with zero attached hydrogens (tertiary/aromatic N) is 2. The molecule has 0 saturated heterocycles. The van der Waals surface area contributed by atoms with E-state index in [1.165, 1.54) is 54.1 Å². The molecule has 4 heteroatoms. The number of thiazole rings is 2. The summed E-state index contributed by atoms with van der Waals surface area (Å²) < 4.78 is 2.37. The highest BCUT2D eigenvalue weighted by Gasteiger charge is 2.17. The lowest BCUT2D eigenvalue weighted by Crippen LogP contribution is -1.91. The Morgan fingerprint density at radius 1 is 0.478 bits per heavy atom. The van der Waals surface area contributed by atoms with Crippen LogP contribution in [0.1, 0.15) is 11.1 Å². The predicted octanol–water partition coefficient (Wildman–Crippen LogP) is 12.1. The van der Waals surface area contributed by atoms with Gasteiger partial charge in [-0.15, -0.1) is 22.7 Å².